The fraction of sp³-hybridized carbons (Fsp3) is 0.833. The molecular weight excluding hydrogens is 528 g/mol. The zero-order chi connectivity index (χ0) is 28.6. The third-order valence-corrected chi connectivity index (χ3v) is 13.1. The molecule has 42 heavy (non-hydrogen) atoms. The zero-order valence-corrected chi connectivity index (χ0v) is 25.6. The highest BCUT2D eigenvalue weighted by Gasteiger charge is 2.56. The lowest BCUT2D eigenvalue weighted by Gasteiger charge is -2.39. The molecule has 4 aliphatic heterocycles. The molecule has 5 aliphatic carbocycles. The number of ether oxygens (including phenoxy) is 4. The molecular formula is C36H50O6. The normalized spacial score (nSPS) is 46.4. The molecule has 9 rings (SSSR count). The van der Waals surface area contributed by atoms with Crippen molar-refractivity contribution in [2.45, 2.75) is 139 Å². The van der Waals surface area contributed by atoms with Gasteiger partial charge in [0.15, 0.2) is 0 Å². The molecule has 0 aromatic rings. The van der Waals surface area contributed by atoms with Crippen LogP contribution in [0.15, 0.2) is 24.3 Å². The summed E-state index contributed by atoms with van der Waals surface area (Å²) in [5, 5.41) is 0. The predicted molar refractivity (Wildman–Crippen MR) is 157 cm³/mol. The molecule has 0 aromatic heterocycles. The van der Waals surface area contributed by atoms with Crippen molar-refractivity contribution in [3.05, 3.63) is 24.3 Å². The first kappa shape index (κ1) is 27.9. The number of esters is 2. The van der Waals surface area contributed by atoms with E-state index in [1.807, 2.05) is 0 Å². The monoisotopic (exact) mass is 578 g/mol. The van der Waals surface area contributed by atoms with Crippen LogP contribution in [0.5, 0.6) is 0 Å². The molecule has 0 aromatic carbocycles. The van der Waals surface area contributed by atoms with E-state index < -0.39 is 0 Å². The van der Waals surface area contributed by atoms with Crippen LogP contribution in [-0.2, 0) is 28.5 Å². The average molecular weight is 579 g/mol. The van der Waals surface area contributed by atoms with Crippen molar-refractivity contribution in [1.29, 1.82) is 0 Å². The largest absolute Gasteiger partial charge is 0.459 e. The second-order valence-electron chi connectivity index (χ2n) is 15.9. The highest BCUT2D eigenvalue weighted by atomic mass is 16.6. The standard InChI is InChI=1S/C19H26O3.C17H24O3/c20-18(15-10-12-3-4-13(15)9-12)22-19(7-1-2-8-19)16-11-14-5-6-17(16)21-14;1-17(2,14-9-12-5-6-15(14)19-12)20-16(18)13-8-10-3-4-11(13)7-10/h3-4,12-17H,1-2,5-11H2;3-4,10-15H,5-9H2,1-2H3. The fourth-order valence-corrected chi connectivity index (χ4v) is 10.9. The molecule has 230 valence electrons. The maximum atomic E-state index is 12.9. The summed E-state index contributed by atoms with van der Waals surface area (Å²) in [6.07, 6.45) is 26.3. The first-order valence-corrected chi connectivity index (χ1v) is 17.4. The van der Waals surface area contributed by atoms with Crippen LogP contribution in [0.2, 0.25) is 0 Å². The van der Waals surface area contributed by atoms with Gasteiger partial charge in [0.05, 0.1) is 36.3 Å². The molecule has 4 heterocycles. The van der Waals surface area contributed by atoms with Crippen molar-refractivity contribution in [1.82, 2.24) is 0 Å². The van der Waals surface area contributed by atoms with Gasteiger partial charge in [0.1, 0.15) is 11.2 Å². The lowest BCUT2D eigenvalue weighted by molar-refractivity contribution is -0.174. The molecule has 6 nitrogen and oxygen atoms in total. The minimum absolute atomic E-state index is 0.0228. The highest BCUT2D eigenvalue weighted by Crippen LogP contribution is 2.53. The maximum absolute atomic E-state index is 12.9. The Morgan fingerprint density at radius 2 is 1.31 bits per heavy atom. The van der Waals surface area contributed by atoms with E-state index in [0.717, 1.165) is 51.4 Å². The number of carbonyl (C=O) groups excluding carboxylic acids is 2. The molecule has 12 unspecified atom stereocenters. The summed E-state index contributed by atoms with van der Waals surface area (Å²) in [6, 6.07) is 0. The van der Waals surface area contributed by atoms with E-state index in [2.05, 4.69) is 38.2 Å². The van der Waals surface area contributed by atoms with Gasteiger partial charge in [-0.05, 0) is 127 Å². The van der Waals surface area contributed by atoms with Gasteiger partial charge in [-0.3, -0.25) is 9.59 Å². The molecule has 0 amide bonds. The van der Waals surface area contributed by atoms with Crippen molar-refractivity contribution in [3.8, 4) is 0 Å². The summed E-state index contributed by atoms with van der Waals surface area (Å²) >= 11 is 0. The van der Waals surface area contributed by atoms with Crippen LogP contribution < -0.4 is 0 Å². The first-order valence-electron chi connectivity index (χ1n) is 17.4. The van der Waals surface area contributed by atoms with E-state index in [4.69, 9.17) is 18.9 Å². The molecule has 6 heteroatoms. The number of hydrogen-bond acceptors (Lipinski definition) is 6. The number of rotatable bonds is 6. The lowest BCUT2D eigenvalue weighted by Crippen LogP contribution is -2.46. The van der Waals surface area contributed by atoms with Gasteiger partial charge in [-0.15, -0.1) is 0 Å². The van der Waals surface area contributed by atoms with E-state index in [0.29, 0.717) is 59.9 Å². The summed E-state index contributed by atoms with van der Waals surface area (Å²) in [6.45, 7) is 4.14. The Labute approximate surface area is 251 Å². The molecule has 4 saturated heterocycles. The van der Waals surface area contributed by atoms with Gasteiger partial charge in [-0.25, -0.2) is 0 Å². The Balaban J connectivity index is 0.000000128. The van der Waals surface area contributed by atoms with Crippen molar-refractivity contribution < 1.29 is 28.5 Å². The van der Waals surface area contributed by atoms with Crippen LogP contribution in [0, 0.1) is 47.3 Å². The lowest BCUT2D eigenvalue weighted by atomic mass is 9.75. The van der Waals surface area contributed by atoms with E-state index in [9.17, 15) is 9.59 Å². The quantitative estimate of drug-likeness (QED) is 0.258. The third-order valence-electron chi connectivity index (χ3n) is 13.1. The van der Waals surface area contributed by atoms with Gasteiger partial charge in [0.2, 0.25) is 0 Å². The Morgan fingerprint density at radius 1 is 0.714 bits per heavy atom. The van der Waals surface area contributed by atoms with Gasteiger partial charge in [-0.2, -0.15) is 0 Å². The summed E-state index contributed by atoms with van der Waals surface area (Å²) in [4.78, 5) is 25.4. The van der Waals surface area contributed by atoms with E-state index >= 15 is 0 Å². The van der Waals surface area contributed by atoms with E-state index in [-0.39, 0.29) is 35.0 Å². The number of fused-ring (bicyclic) bond motifs is 8. The van der Waals surface area contributed by atoms with Gasteiger partial charge >= 0.3 is 11.9 Å². The Hall–Kier alpha value is -1.66. The third kappa shape index (κ3) is 4.82. The molecule has 0 radical (unpaired) electrons. The van der Waals surface area contributed by atoms with Crippen LogP contribution in [0.1, 0.15) is 104 Å². The number of allylic oxidation sites excluding steroid dienone is 4. The van der Waals surface area contributed by atoms with Gasteiger partial charge in [0, 0.05) is 11.8 Å². The second kappa shape index (κ2) is 10.5. The average Bonchev–Trinajstić information content (AvgIpc) is 3.83. The van der Waals surface area contributed by atoms with E-state index in [1.54, 1.807) is 0 Å². The minimum atomic E-state index is -0.386. The molecule has 12 atom stereocenters. The molecule has 9 aliphatic rings. The van der Waals surface area contributed by atoms with Crippen LogP contribution in [-0.4, -0.2) is 47.6 Å². The van der Waals surface area contributed by atoms with Crippen molar-refractivity contribution in [2.24, 2.45) is 47.3 Å². The summed E-state index contributed by atoms with van der Waals surface area (Å²) in [5.41, 5.74) is -0.578. The van der Waals surface area contributed by atoms with E-state index in [1.165, 1.54) is 38.5 Å². The van der Waals surface area contributed by atoms with Crippen molar-refractivity contribution >= 4 is 11.9 Å². The Bertz CT molecular complexity index is 1130. The molecule has 0 N–H and O–H groups in total. The van der Waals surface area contributed by atoms with Gasteiger partial charge in [0.25, 0.3) is 0 Å². The SMILES string of the molecule is CC(C)(OC(=O)C1CC2C=CC1C2)C1CC2CCC1O2.O=C(OC1(C2CC3CCC2O3)CCCC1)C1CC2C=CC1C2. The smallest absolute Gasteiger partial charge is 0.310 e. The Morgan fingerprint density at radius 3 is 1.79 bits per heavy atom. The molecule has 0 spiro atoms. The number of hydrogen-bond donors (Lipinski definition) is 0. The van der Waals surface area contributed by atoms with Gasteiger partial charge < -0.3 is 18.9 Å². The topological polar surface area (TPSA) is 71.1 Å². The van der Waals surface area contributed by atoms with Gasteiger partial charge in [-0.1, -0.05) is 24.3 Å². The molecule has 8 bridgehead atoms. The maximum Gasteiger partial charge on any atom is 0.310 e. The summed E-state index contributed by atoms with van der Waals surface area (Å²) in [7, 11) is 0. The zero-order valence-electron chi connectivity index (χ0n) is 25.6. The minimum Gasteiger partial charge on any atom is -0.459 e. The summed E-state index contributed by atoms with van der Waals surface area (Å²) in [5.74, 6) is 3.32. The number of carbonyl (C=O) groups is 2. The van der Waals surface area contributed by atoms with Crippen molar-refractivity contribution in [3.63, 3.8) is 0 Å². The van der Waals surface area contributed by atoms with Crippen LogP contribution in [0.25, 0.3) is 0 Å². The molecule has 3 saturated carbocycles. The van der Waals surface area contributed by atoms with Crippen LogP contribution >= 0.6 is 0 Å². The summed E-state index contributed by atoms with van der Waals surface area (Å²) < 4.78 is 24.3. The first-order chi connectivity index (χ1) is 20.3. The molecule has 7 fully saturated rings. The Kier molecular flexibility index (Phi) is 6.94. The van der Waals surface area contributed by atoms with Crippen molar-refractivity contribution in [2.75, 3.05) is 0 Å². The highest BCUT2D eigenvalue weighted by molar-refractivity contribution is 5.75. The van der Waals surface area contributed by atoms with Crippen LogP contribution in [0.3, 0.4) is 0 Å². The second-order valence-corrected chi connectivity index (χ2v) is 15.9. The fourth-order valence-electron chi connectivity index (χ4n) is 10.9. The predicted octanol–water partition coefficient (Wildman–Crippen LogP) is 6.71. The van der Waals surface area contributed by atoms with Crippen LogP contribution in [0.4, 0.5) is 0 Å².